The summed E-state index contributed by atoms with van der Waals surface area (Å²) >= 11 is 0. The van der Waals surface area contributed by atoms with Crippen molar-refractivity contribution in [2.75, 3.05) is 52.4 Å². The molecule has 1 unspecified atom stereocenters. The predicted molar refractivity (Wildman–Crippen MR) is 116 cm³/mol. The standard InChI is InChI=1S/C24H37N3O2/c28-19-18-25-14-16-26(17-15-25)22-10-12-27(13-11-22)24(29)23(21-8-4-5-9-21)20-6-2-1-3-7-20/h1-3,6-7,21-23,28H,4-5,8-19H2. The Hall–Kier alpha value is -1.43. The molecule has 1 amide bonds. The molecule has 1 saturated carbocycles. The van der Waals surface area contributed by atoms with E-state index in [4.69, 9.17) is 5.11 Å². The molecule has 1 atom stereocenters. The first kappa shape index (κ1) is 20.8. The molecule has 2 saturated heterocycles. The molecule has 1 N–H and O–H groups in total. The average Bonchev–Trinajstić information content (AvgIpc) is 3.30. The van der Waals surface area contributed by atoms with Crippen LogP contribution in [0.3, 0.4) is 0 Å². The van der Waals surface area contributed by atoms with Crippen molar-refractivity contribution in [2.45, 2.75) is 50.5 Å². The van der Waals surface area contributed by atoms with E-state index in [0.29, 0.717) is 17.9 Å². The zero-order chi connectivity index (χ0) is 20.1. The van der Waals surface area contributed by atoms with Gasteiger partial charge >= 0.3 is 0 Å². The van der Waals surface area contributed by atoms with Crippen molar-refractivity contribution in [2.24, 2.45) is 5.92 Å². The Morgan fingerprint density at radius 2 is 1.59 bits per heavy atom. The Morgan fingerprint density at radius 1 is 0.931 bits per heavy atom. The quantitative estimate of drug-likeness (QED) is 0.799. The molecule has 160 valence electrons. The number of carbonyl (C=O) groups is 1. The van der Waals surface area contributed by atoms with E-state index < -0.39 is 0 Å². The number of amides is 1. The van der Waals surface area contributed by atoms with Crippen LogP contribution in [0.2, 0.25) is 0 Å². The second kappa shape index (κ2) is 10.1. The van der Waals surface area contributed by atoms with Crippen LogP contribution in [0.25, 0.3) is 0 Å². The molecule has 5 nitrogen and oxygen atoms in total. The van der Waals surface area contributed by atoms with Gasteiger partial charge in [-0.25, -0.2) is 0 Å². The number of piperazine rings is 1. The molecule has 1 aromatic carbocycles. The molecule has 4 rings (SSSR count). The van der Waals surface area contributed by atoms with Crippen LogP contribution in [0.4, 0.5) is 0 Å². The smallest absolute Gasteiger partial charge is 0.230 e. The first-order valence-electron chi connectivity index (χ1n) is 11.7. The number of benzene rings is 1. The fraction of sp³-hybridized carbons (Fsp3) is 0.708. The summed E-state index contributed by atoms with van der Waals surface area (Å²) in [6.07, 6.45) is 7.12. The topological polar surface area (TPSA) is 47.0 Å². The number of hydrogen-bond acceptors (Lipinski definition) is 4. The molecule has 5 heteroatoms. The highest BCUT2D eigenvalue weighted by Gasteiger charge is 2.36. The van der Waals surface area contributed by atoms with E-state index in [1.54, 1.807) is 0 Å². The zero-order valence-corrected chi connectivity index (χ0v) is 17.7. The summed E-state index contributed by atoms with van der Waals surface area (Å²) in [7, 11) is 0. The van der Waals surface area contributed by atoms with Gasteiger partial charge in [0.2, 0.25) is 5.91 Å². The van der Waals surface area contributed by atoms with Gasteiger partial charge in [-0.3, -0.25) is 14.6 Å². The van der Waals surface area contributed by atoms with E-state index in [1.165, 1.54) is 31.2 Å². The van der Waals surface area contributed by atoms with Crippen LogP contribution in [0.5, 0.6) is 0 Å². The third kappa shape index (κ3) is 5.01. The normalized spacial score (nSPS) is 24.1. The Morgan fingerprint density at radius 3 is 2.21 bits per heavy atom. The Labute approximate surface area is 175 Å². The van der Waals surface area contributed by atoms with Crippen LogP contribution in [-0.4, -0.2) is 84.2 Å². The van der Waals surface area contributed by atoms with Gasteiger partial charge in [-0.05, 0) is 37.2 Å². The maximum Gasteiger partial charge on any atom is 0.230 e. The largest absolute Gasteiger partial charge is 0.395 e. The van der Waals surface area contributed by atoms with Gasteiger partial charge < -0.3 is 10.0 Å². The van der Waals surface area contributed by atoms with Crippen LogP contribution >= 0.6 is 0 Å². The number of piperidine rings is 1. The van der Waals surface area contributed by atoms with Crippen molar-refractivity contribution >= 4 is 5.91 Å². The second-order valence-corrected chi connectivity index (χ2v) is 9.09. The van der Waals surface area contributed by atoms with Crippen LogP contribution in [0, 0.1) is 5.92 Å². The number of aliphatic hydroxyl groups is 1. The number of aliphatic hydroxyl groups excluding tert-OH is 1. The molecular formula is C24H37N3O2. The van der Waals surface area contributed by atoms with Gasteiger partial charge in [0.25, 0.3) is 0 Å². The molecule has 2 aliphatic heterocycles. The van der Waals surface area contributed by atoms with Crippen LogP contribution < -0.4 is 0 Å². The summed E-state index contributed by atoms with van der Waals surface area (Å²) in [5, 5.41) is 9.13. The van der Waals surface area contributed by atoms with Crippen LogP contribution in [0.1, 0.15) is 50.0 Å². The minimum atomic E-state index is 0.0530. The lowest BCUT2D eigenvalue weighted by molar-refractivity contribution is -0.135. The number of rotatable bonds is 6. The van der Waals surface area contributed by atoms with E-state index >= 15 is 0 Å². The number of carbonyl (C=O) groups excluding carboxylic acids is 1. The van der Waals surface area contributed by atoms with E-state index in [0.717, 1.165) is 58.7 Å². The second-order valence-electron chi connectivity index (χ2n) is 9.09. The molecule has 0 bridgehead atoms. The summed E-state index contributed by atoms with van der Waals surface area (Å²) < 4.78 is 0. The molecule has 1 aromatic rings. The van der Waals surface area contributed by atoms with Crippen molar-refractivity contribution in [3.63, 3.8) is 0 Å². The Balaban J connectivity index is 1.34. The van der Waals surface area contributed by atoms with Gasteiger partial charge in [0, 0.05) is 51.9 Å². The molecule has 29 heavy (non-hydrogen) atoms. The number of hydrogen-bond donors (Lipinski definition) is 1. The van der Waals surface area contributed by atoms with Gasteiger partial charge in [0.15, 0.2) is 0 Å². The van der Waals surface area contributed by atoms with Crippen molar-refractivity contribution < 1.29 is 9.90 Å². The lowest BCUT2D eigenvalue weighted by atomic mass is 9.83. The average molecular weight is 400 g/mol. The van der Waals surface area contributed by atoms with Gasteiger partial charge in [-0.15, -0.1) is 0 Å². The van der Waals surface area contributed by atoms with Crippen molar-refractivity contribution in [1.82, 2.24) is 14.7 Å². The van der Waals surface area contributed by atoms with Gasteiger partial charge in [0.1, 0.15) is 0 Å². The Bertz CT molecular complexity index is 631. The maximum absolute atomic E-state index is 13.6. The molecule has 1 aliphatic carbocycles. The molecule has 0 radical (unpaired) electrons. The molecule has 3 aliphatic rings. The summed E-state index contributed by atoms with van der Waals surface area (Å²) in [5.74, 6) is 0.939. The van der Waals surface area contributed by atoms with Crippen molar-refractivity contribution in [1.29, 1.82) is 0 Å². The molecule has 2 heterocycles. The number of β-amino-alcohol motifs (C(OH)–C–C–N with tert-alkyl or cyclic N) is 1. The fourth-order valence-corrected chi connectivity index (χ4v) is 5.71. The first-order chi connectivity index (χ1) is 14.3. The lowest BCUT2D eigenvalue weighted by Crippen LogP contribution is -2.54. The minimum absolute atomic E-state index is 0.0530. The highest BCUT2D eigenvalue weighted by atomic mass is 16.3. The van der Waals surface area contributed by atoms with Crippen LogP contribution in [0.15, 0.2) is 30.3 Å². The van der Waals surface area contributed by atoms with Gasteiger partial charge in [0.05, 0.1) is 12.5 Å². The van der Waals surface area contributed by atoms with E-state index in [-0.39, 0.29) is 12.5 Å². The molecular weight excluding hydrogens is 362 g/mol. The summed E-state index contributed by atoms with van der Waals surface area (Å²) in [4.78, 5) is 20.7. The Kier molecular flexibility index (Phi) is 7.22. The SMILES string of the molecule is O=C(C(c1ccccc1)C1CCCC1)N1CCC(N2CCN(CCO)CC2)CC1. The van der Waals surface area contributed by atoms with Crippen molar-refractivity contribution in [3.8, 4) is 0 Å². The maximum atomic E-state index is 13.6. The number of likely N-dealkylation sites (tertiary alicyclic amines) is 1. The summed E-state index contributed by atoms with van der Waals surface area (Å²) in [5.41, 5.74) is 1.21. The van der Waals surface area contributed by atoms with E-state index in [1.807, 2.05) is 6.07 Å². The molecule has 0 spiro atoms. The third-order valence-electron chi connectivity index (χ3n) is 7.41. The molecule has 0 aromatic heterocycles. The molecule has 3 fully saturated rings. The first-order valence-corrected chi connectivity index (χ1v) is 11.7. The predicted octanol–water partition coefficient (Wildman–Crippen LogP) is 2.56. The van der Waals surface area contributed by atoms with Gasteiger partial charge in [-0.2, -0.15) is 0 Å². The van der Waals surface area contributed by atoms with E-state index in [9.17, 15) is 4.79 Å². The highest BCUT2D eigenvalue weighted by Crippen LogP contribution is 2.39. The van der Waals surface area contributed by atoms with E-state index in [2.05, 4.69) is 39.0 Å². The summed E-state index contributed by atoms with van der Waals surface area (Å²) in [6.45, 7) is 7.13. The fourth-order valence-electron chi connectivity index (χ4n) is 5.71. The van der Waals surface area contributed by atoms with Crippen LogP contribution in [-0.2, 0) is 4.79 Å². The lowest BCUT2D eigenvalue weighted by Gasteiger charge is -2.43. The third-order valence-corrected chi connectivity index (χ3v) is 7.41. The van der Waals surface area contributed by atoms with Gasteiger partial charge in [-0.1, -0.05) is 43.2 Å². The minimum Gasteiger partial charge on any atom is -0.395 e. The zero-order valence-electron chi connectivity index (χ0n) is 17.7. The highest BCUT2D eigenvalue weighted by molar-refractivity contribution is 5.84. The van der Waals surface area contributed by atoms with Crippen molar-refractivity contribution in [3.05, 3.63) is 35.9 Å². The summed E-state index contributed by atoms with van der Waals surface area (Å²) in [6, 6.07) is 11.1. The number of nitrogens with zero attached hydrogens (tertiary/aromatic N) is 3. The monoisotopic (exact) mass is 399 g/mol.